The number of likely N-dealkylation sites (tertiary alicyclic amines) is 2. The van der Waals surface area contributed by atoms with E-state index in [1.807, 2.05) is 22.6 Å². The number of ether oxygens (including phenoxy) is 2. The number of benzene rings is 1. The largest absolute Gasteiger partial charge is 0.493 e. The number of hydrogen-bond donors (Lipinski definition) is 0. The summed E-state index contributed by atoms with van der Waals surface area (Å²) in [6, 6.07) is 7.60. The van der Waals surface area contributed by atoms with Gasteiger partial charge >= 0.3 is 6.18 Å². The zero-order valence-electron chi connectivity index (χ0n) is 25.3. The second-order valence-corrected chi connectivity index (χ2v) is 12.1. The number of nitriles is 1. The minimum atomic E-state index is -4.65. The lowest BCUT2D eigenvalue weighted by Crippen LogP contribution is -2.47. The predicted octanol–water partition coefficient (Wildman–Crippen LogP) is 5.69. The van der Waals surface area contributed by atoms with Crippen molar-refractivity contribution in [3.63, 3.8) is 0 Å². The molecule has 3 aliphatic rings. The van der Waals surface area contributed by atoms with Gasteiger partial charge in [0.2, 0.25) is 11.7 Å². The summed E-state index contributed by atoms with van der Waals surface area (Å²) >= 11 is 0. The van der Waals surface area contributed by atoms with E-state index in [9.17, 15) is 23.2 Å². The Hall–Kier alpha value is -3.40. The molecule has 0 spiro atoms. The van der Waals surface area contributed by atoms with Gasteiger partial charge in [-0.2, -0.15) is 18.4 Å². The first-order chi connectivity index (χ1) is 21.2. The first-order valence-electron chi connectivity index (χ1n) is 15.4. The molecule has 13 heteroatoms. The second kappa shape index (κ2) is 13.9. The highest BCUT2D eigenvalue weighted by Crippen LogP contribution is 2.40. The monoisotopic (exact) mass is 646 g/mol. The van der Waals surface area contributed by atoms with Gasteiger partial charge in [-0.1, -0.05) is 0 Å². The zero-order chi connectivity index (χ0) is 30.8. The number of alkyl halides is 3. The van der Waals surface area contributed by atoms with Crippen molar-refractivity contribution in [2.75, 3.05) is 39.9 Å². The van der Waals surface area contributed by atoms with Crippen molar-refractivity contribution in [2.45, 2.75) is 69.8 Å². The van der Waals surface area contributed by atoms with Crippen LogP contribution in [-0.4, -0.2) is 82.3 Å². The van der Waals surface area contributed by atoms with Crippen LogP contribution in [0.2, 0.25) is 0 Å². The number of likely N-dealkylation sites (N-methyl/N-ethyl adjacent to an activating group) is 1. The van der Waals surface area contributed by atoms with E-state index in [1.54, 1.807) is 18.3 Å². The minimum Gasteiger partial charge on any atom is -0.493 e. The Morgan fingerprint density at radius 3 is 2.58 bits per heavy atom. The van der Waals surface area contributed by atoms with Gasteiger partial charge in [-0.15, -0.1) is 12.4 Å². The van der Waals surface area contributed by atoms with Crippen LogP contribution in [-0.2, 0) is 22.3 Å². The Labute approximate surface area is 266 Å². The third kappa shape index (κ3) is 7.21. The molecule has 3 aliphatic heterocycles. The third-order valence-corrected chi connectivity index (χ3v) is 9.22. The molecule has 1 amide bonds. The van der Waals surface area contributed by atoms with Crippen molar-refractivity contribution in [3.05, 3.63) is 41.9 Å². The summed E-state index contributed by atoms with van der Waals surface area (Å²) in [5.41, 5.74) is 0.0901. The molecule has 1 aromatic carbocycles. The van der Waals surface area contributed by atoms with Crippen molar-refractivity contribution < 1.29 is 27.4 Å². The van der Waals surface area contributed by atoms with Crippen LogP contribution in [0, 0.1) is 17.2 Å². The quantitative estimate of drug-likeness (QED) is 0.310. The lowest BCUT2D eigenvalue weighted by molar-refractivity contribution is -0.139. The molecular weight excluding hydrogens is 609 g/mol. The second-order valence-electron chi connectivity index (χ2n) is 12.1. The van der Waals surface area contributed by atoms with Crippen molar-refractivity contribution in [2.24, 2.45) is 5.92 Å². The predicted molar refractivity (Wildman–Crippen MR) is 164 cm³/mol. The number of fused-ring (bicyclic) bond motifs is 1. The number of hydrogen-bond acceptors (Lipinski definition) is 7. The van der Waals surface area contributed by atoms with Gasteiger partial charge in [-0.25, -0.2) is 9.97 Å². The van der Waals surface area contributed by atoms with E-state index in [1.165, 1.54) is 6.07 Å². The molecule has 1 unspecified atom stereocenters. The molecule has 5 heterocycles. The van der Waals surface area contributed by atoms with E-state index in [4.69, 9.17) is 9.47 Å². The Morgan fingerprint density at radius 1 is 1.11 bits per heavy atom. The molecule has 3 saturated heterocycles. The van der Waals surface area contributed by atoms with E-state index < -0.39 is 11.7 Å². The molecule has 3 fully saturated rings. The SMILES string of the molecule is CN1CCC[C@@H]1C(=O)N1CCC(CCOc2ccc(-c3nc(C#N)nc4c3ccn4CC3CCCO3)cc2C(F)(F)F)CC1.Cl. The summed E-state index contributed by atoms with van der Waals surface area (Å²) in [5, 5.41) is 10.1. The highest BCUT2D eigenvalue weighted by Gasteiger charge is 2.36. The first kappa shape index (κ1) is 33.0. The average molecular weight is 647 g/mol. The number of piperidine rings is 1. The fourth-order valence-corrected chi connectivity index (χ4v) is 6.73. The first-order valence-corrected chi connectivity index (χ1v) is 15.4. The minimum absolute atomic E-state index is 0. The van der Waals surface area contributed by atoms with Gasteiger partial charge in [0.25, 0.3) is 0 Å². The van der Waals surface area contributed by atoms with E-state index in [0.29, 0.717) is 43.7 Å². The van der Waals surface area contributed by atoms with Gasteiger partial charge in [0, 0.05) is 36.8 Å². The summed E-state index contributed by atoms with van der Waals surface area (Å²) in [5.74, 6) is 0.125. The van der Waals surface area contributed by atoms with Crippen LogP contribution in [0.15, 0.2) is 30.5 Å². The summed E-state index contributed by atoms with van der Waals surface area (Å²) in [4.78, 5) is 25.6. The molecule has 0 bridgehead atoms. The van der Waals surface area contributed by atoms with Gasteiger partial charge < -0.3 is 18.9 Å². The van der Waals surface area contributed by atoms with Gasteiger partial charge in [0.05, 0.1) is 36.6 Å². The molecule has 2 atom stereocenters. The van der Waals surface area contributed by atoms with Crippen molar-refractivity contribution in [3.8, 4) is 23.1 Å². The standard InChI is InChI=1S/C32H37F3N6O3.ClH/c1-39-12-2-5-26(39)31(42)40-13-8-21(9-14-40)11-17-44-27-7-6-22(18-25(27)32(33,34)35)29-24-10-15-41(20-23-4-3-16-43-23)30(24)38-28(19-36)37-29;/h6-7,10,15,18,21,23,26H,2-5,8-9,11-14,16-17,20H2,1H3;1H/t23?,26-;/m1./s1. The van der Waals surface area contributed by atoms with Crippen LogP contribution >= 0.6 is 12.4 Å². The average Bonchev–Trinajstić information content (AvgIpc) is 3.79. The Kier molecular flexibility index (Phi) is 10.2. The van der Waals surface area contributed by atoms with Gasteiger partial charge in [-0.3, -0.25) is 9.69 Å². The number of nitrogens with zero attached hydrogens (tertiary/aromatic N) is 6. The van der Waals surface area contributed by atoms with Crippen LogP contribution in [0.1, 0.15) is 56.3 Å². The highest BCUT2D eigenvalue weighted by molar-refractivity contribution is 5.91. The number of carbonyl (C=O) groups excluding carboxylic acids is 1. The maximum Gasteiger partial charge on any atom is 0.419 e. The smallest absolute Gasteiger partial charge is 0.419 e. The van der Waals surface area contributed by atoms with Crippen LogP contribution in [0.5, 0.6) is 5.75 Å². The summed E-state index contributed by atoms with van der Waals surface area (Å²) in [7, 11) is 1.99. The molecule has 6 rings (SSSR count). The molecule has 9 nitrogen and oxygen atoms in total. The van der Waals surface area contributed by atoms with Crippen LogP contribution < -0.4 is 4.74 Å². The van der Waals surface area contributed by atoms with E-state index in [0.717, 1.165) is 51.1 Å². The number of aromatic nitrogens is 3. The van der Waals surface area contributed by atoms with Crippen LogP contribution in [0.3, 0.4) is 0 Å². The van der Waals surface area contributed by atoms with Crippen molar-refractivity contribution in [1.29, 1.82) is 5.26 Å². The van der Waals surface area contributed by atoms with Gasteiger partial charge in [-0.05, 0) is 88.7 Å². The summed E-state index contributed by atoms with van der Waals surface area (Å²) < 4.78 is 56.1. The molecule has 0 radical (unpaired) electrons. The fourth-order valence-electron chi connectivity index (χ4n) is 6.73. The topological polar surface area (TPSA) is 96.5 Å². The van der Waals surface area contributed by atoms with Crippen LogP contribution in [0.4, 0.5) is 13.2 Å². The number of halogens is 4. The third-order valence-electron chi connectivity index (χ3n) is 9.22. The van der Waals surface area contributed by atoms with Crippen LogP contribution in [0.25, 0.3) is 22.3 Å². The molecule has 0 saturated carbocycles. The fraction of sp³-hybridized carbons (Fsp3) is 0.562. The molecular formula is C32H38ClF3N6O3. The molecule has 242 valence electrons. The Balaban J connectivity index is 0.00000400. The maximum absolute atomic E-state index is 14.3. The molecule has 0 aliphatic carbocycles. The lowest BCUT2D eigenvalue weighted by Gasteiger charge is -2.34. The van der Waals surface area contributed by atoms with Crippen molar-refractivity contribution >= 4 is 29.3 Å². The molecule has 0 N–H and O–H groups in total. The lowest BCUT2D eigenvalue weighted by atomic mass is 9.93. The molecule has 45 heavy (non-hydrogen) atoms. The van der Waals surface area contributed by atoms with E-state index in [-0.39, 0.29) is 65.8 Å². The zero-order valence-corrected chi connectivity index (χ0v) is 26.1. The number of amides is 1. The summed E-state index contributed by atoms with van der Waals surface area (Å²) in [6.07, 6.45) is 3.24. The highest BCUT2D eigenvalue weighted by atomic mass is 35.5. The van der Waals surface area contributed by atoms with Gasteiger partial charge in [0.15, 0.2) is 0 Å². The van der Waals surface area contributed by atoms with E-state index in [2.05, 4.69) is 14.9 Å². The van der Waals surface area contributed by atoms with E-state index >= 15 is 0 Å². The normalized spacial score (nSPS) is 21.2. The number of carbonyl (C=O) groups is 1. The molecule has 2 aromatic heterocycles. The molecule has 3 aromatic rings. The van der Waals surface area contributed by atoms with Gasteiger partial charge in [0.1, 0.15) is 17.5 Å². The van der Waals surface area contributed by atoms with Crippen molar-refractivity contribution in [1.82, 2.24) is 24.3 Å². The summed E-state index contributed by atoms with van der Waals surface area (Å²) in [6.45, 7) is 3.67. The number of rotatable bonds is 8. The maximum atomic E-state index is 14.3. The Morgan fingerprint density at radius 2 is 1.91 bits per heavy atom. The Bertz CT molecular complexity index is 1540.